The van der Waals surface area contributed by atoms with Gasteiger partial charge in [-0.25, -0.2) is 15.0 Å². The third kappa shape index (κ3) is 6.17. The van der Waals surface area contributed by atoms with E-state index in [1.165, 1.54) is 0 Å². The fraction of sp³-hybridized carbons (Fsp3) is 0.129. The van der Waals surface area contributed by atoms with E-state index in [0.29, 0.717) is 12.0 Å². The van der Waals surface area contributed by atoms with Gasteiger partial charge in [-0.15, -0.1) is 0 Å². The minimum absolute atomic E-state index is 0.146. The molecule has 0 fully saturated rings. The van der Waals surface area contributed by atoms with Crippen molar-refractivity contribution in [2.75, 3.05) is 5.32 Å². The molecule has 5 rings (SSSR count). The van der Waals surface area contributed by atoms with Crippen LogP contribution in [0.2, 0.25) is 0 Å². The Morgan fingerprint density at radius 3 is 2.38 bits per heavy atom. The van der Waals surface area contributed by atoms with E-state index in [-0.39, 0.29) is 17.6 Å². The van der Waals surface area contributed by atoms with Crippen LogP contribution in [0.3, 0.4) is 0 Å². The summed E-state index contributed by atoms with van der Waals surface area (Å²) in [6, 6.07) is 19.5. The van der Waals surface area contributed by atoms with Crippen LogP contribution in [0.5, 0.6) is 0 Å². The van der Waals surface area contributed by atoms with E-state index >= 15 is 0 Å². The summed E-state index contributed by atoms with van der Waals surface area (Å²) in [6.07, 6.45) is 10.8. The van der Waals surface area contributed by atoms with Crippen LogP contribution >= 0.6 is 0 Å². The fourth-order valence-electron chi connectivity index (χ4n) is 4.25. The molecule has 1 N–H and O–H groups in total. The number of hydrogen-bond acceptors (Lipinski definition) is 7. The highest BCUT2D eigenvalue weighted by molar-refractivity contribution is 6.04. The summed E-state index contributed by atoms with van der Waals surface area (Å²) < 4.78 is 0. The van der Waals surface area contributed by atoms with Crippen molar-refractivity contribution >= 4 is 11.6 Å². The molecule has 3 heterocycles. The summed E-state index contributed by atoms with van der Waals surface area (Å²) in [5, 5.41) is 11.9. The van der Waals surface area contributed by atoms with E-state index < -0.39 is 0 Å². The molecule has 0 aliphatic carbocycles. The Hall–Kier alpha value is -5.29. The number of anilines is 1. The lowest BCUT2D eigenvalue weighted by molar-refractivity contribution is 0.102. The van der Waals surface area contributed by atoms with E-state index in [9.17, 15) is 4.79 Å². The quantitative estimate of drug-likeness (QED) is 0.294. The molecular weight excluding hydrogens is 486 g/mol. The van der Waals surface area contributed by atoms with Crippen molar-refractivity contribution in [1.29, 1.82) is 5.26 Å². The first-order valence-corrected chi connectivity index (χ1v) is 12.5. The zero-order chi connectivity index (χ0) is 27.2. The Balaban J connectivity index is 1.27. The normalized spacial score (nSPS) is 11.4. The zero-order valence-electron chi connectivity index (χ0n) is 21.5. The number of pyridine rings is 1. The van der Waals surface area contributed by atoms with Gasteiger partial charge in [-0.05, 0) is 54.2 Å². The number of nitrogens with one attached hydrogen (secondary N) is 1. The Bertz CT molecular complexity index is 1660. The summed E-state index contributed by atoms with van der Waals surface area (Å²) in [5.41, 5.74) is 7.69. The Morgan fingerprint density at radius 1 is 0.897 bits per heavy atom. The summed E-state index contributed by atoms with van der Waals surface area (Å²) in [7, 11) is 0. The SMILES string of the molecule is Cc1cncc(C(=O)Nc2cccc([C@H](C)Cc3cncc(-c4ccc(-c5cnc(C#N)nc5)cc4)n3)c2)c1. The maximum absolute atomic E-state index is 12.7. The van der Waals surface area contributed by atoms with Gasteiger partial charge < -0.3 is 5.32 Å². The van der Waals surface area contributed by atoms with Crippen LogP contribution in [0, 0.1) is 18.3 Å². The van der Waals surface area contributed by atoms with Crippen molar-refractivity contribution in [2.45, 2.75) is 26.2 Å². The van der Waals surface area contributed by atoms with Gasteiger partial charge in [-0.1, -0.05) is 43.3 Å². The predicted molar refractivity (Wildman–Crippen MR) is 149 cm³/mol. The van der Waals surface area contributed by atoms with Crippen molar-refractivity contribution in [2.24, 2.45) is 0 Å². The molecule has 39 heavy (non-hydrogen) atoms. The van der Waals surface area contributed by atoms with Crippen molar-refractivity contribution in [3.8, 4) is 28.5 Å². The average Bonchev–Trinajstić information content (AvgIpc) is 2.97. The molecule has 5 aromatic rings. The molecule has 0 unspecified atom stereocenters. The van der Waals surface area contributed by atoms with Gasteiger partial charge in [0.15, 0.2) is 0 Å². The van der Waals surface area contributed by atoms with Gasteiger partial charge in [0.25, 0.3) is 5.91 Å². The number of nitrogens with zero attached hydrogens (tertiary/aromatic N) is 6. The predicted octanol–water partition coefficient (Wildman–Crippen LogP) is 5.77. The smallest absolute Gasteiger partial charge is 0.257 e. The molecule has 0 saturated heterocycles. The molecule has 0 bridgehead atoms. The lowest BCUT2D eigenvalue weighted by Crippen LogP contribution is -2.12. The molecule has 190 valence electrons. The highest BCUT2D eigenvalue weighted by Gasteiger charge is 2.12. The third-order valence-corrected chi connectivity index (χ3v) is 6.32. The number of benzene rings is 2. The molecule has 0 spiro atoms. The first-order valence-electron chi connectivity index (χ1n) is 12.5. The van der Waals surface area contributed by atoms with Gasteiger partial charge in [-0.3, -0.25) is 14.8 Å². The highest BCUT2D eigenvalue weighted by atomic mass is 16.1. The highest BCUT2D eigenvalue weighted by Crippen LogP contribution is 2.26. The average molecular weight is 512 g/mol. The van der Waals surface area contributed by atoms with Crippen LogP contribution in [0.4, 0.5) is 5.69 Å². The Morgan fingerprint density at radius 2 is 1.64 bits per heavy atom. The second kappa shape index (κ2) is 11.4. The third-order valence-electron chi connectivity index (χ3n) is 6.32. The first kappa shape index (κ1) is 25.4. The van der Waals surface area contributed by atoms with Gasteiger partial charge in [-0.2, -0.15) is 5.26 Å². The molecular formula is C31H25N7O. The van der Waals surface area contributed by atoms with Gasteiger partial charge in [0.1, 0.15) is 6.07 Å². The van der Waals surface area contributed by atoms with Gasteiger partial charge in [0, 0.05) is 47.8 Å². The van der Waals surface area contributed by atoms with E-state index in [1.807, 2.05) is 61.5 Å². The molecule has 0 saturated carbocycles. The lowest BCUT2D eigenvalue weighted by Gasteiger charge is -2.14. The summed E-state index contributed by atoms with van der Waals surface area (Å²) in [4.78, 5) is 34.1. The molecule has 1 amide bonds. The second-order valence-electron chi connectivity index (χ2n) is 9.32. The van der Waals surface area contributed by atoms with Crippen molar-refractivity contribution < 1.29 is 4.79 Å². The summed E-state index contributed by atoms with van der Waals surface area (Å²) in [5.74, 6) is 0.117. The monoisotopic (exact) mass is 511 g/mol. The molecule has 8 nitrogen and oxygen atoms in total. The van der Waals surface area contributed by atoms with E-state index in [1.54, 1.807) is 37.2 Å². The topological polar surface area (TPSA) is 117 Å². The second-order valence-corrected chi connectivity index (χ2v) is 9.32. The van der Waals surface area contributed by atoms with Crippen LogP contribution in [0.15, 0.2) is 91.8 Å². The number of rotatable bonds is 7. The van der Waals surface area contributed by atoms with Crippen LogP contribution in [0.1, 0.15) is 45.8 Å². The van der Waals surface area contributed by atoms with Crippen molar-refractivity contribution in [3.05, 3.63) is 120 Å². The van der Waals surface area contributed by atoms with Crippen LogP contribution < -0.4 is 5.32 Å². The first-order chi connectivity index (χ1) is 19.0. The number of carbonyl (C=O) groups excluding carboxylic acids is 1. The molecule has 2 aromatic carbocycles. The number of nitriles is 1. The van der Waals surface area contributed by atoms with E-state index in [0.717, 1.165) is 44.9 Å². The minimum Gasteiger partial charge on any atom is -0.322 e. The maximum Gasteiger partial charge on any atom is 0.257 e. The van der Waals surface area contributed by atoms with Crippen molar-refractivity contribution in [3.63, 3.8) is 0 Å². The van der Waals surface area contributed by atoms with Gasteiger partial charge in [0.2, 0.25) is 5.82 Å². The standard InChI is InChI=1S/C31H25N7O/c1-20-10-25(15-33-14-20)31(39)38-27-5-3-4-24(12-27)21(2)11-28-18-34-19-29(37-28)23-8-6-22(7-9-23)26-16-35-30(13-32)36-17-26/h3-10,12,14-19,21H,11H2,1-2H3,(H,38,39)/t21-/m1/s1. The van der Waals surface area contributed by atoms with Crippen LogP contribution in [-0.2, 0) is 6.42 Å². The summed E-state index contributed by atoms with van der Waals surface area (Å²) >= 11 is 0. The maximum atomic E-state index is 12.7. The number of aryl methyl sites for hydroxylation is 1. The lowest BCUT2D eigenvalue weighted by atomic mass is 9.95. The minimum atomic E-state index is -0.188. The van der Waals surface area contributed by atoms with Gasteiger partial charge >= 0.3 is 0 Å². The Kier molecular flexibility index (Phi) is 7.41. The number of aromatic nitrogens is 5. The van der Waals surface area contributed by atoms with E-state index in [2.05, 4.69) is 38.2 Å². The number of carbonyl (C=O) groups is 1. The molecule has 3 aromatic heterocycles. The van der Waals surface area contributed by atoms with Gasteiger partial charge in [0.05, 0.1) is 23.1 Å². The van der Waals surface area contributed by atoms with Crippen LogP contribution in [0.25, 0.3) is 22.4 Å². The number of amides is 1. The molecule has 1 atom stereocenters. The van der Waals surface area contributed by atoms with Crippen LogP contribution in [-0.4, -0.2) is 30.8 Å². The molecule has 0 aliphatic rings. The van der Waals surface area contributed by atoms with Crippen molar-refractivity contribution in [1.82, 2.24) is 24.9 Å². The largest absolute Gasteiger partial charge is 0.322 e. The molecule has 0 aliphatic heterocycles. The Labute approximate surface area is 226 Å². The number of hydrogen-bond donors (Lipinski definition) is 1. The van der Waals surface area contributed by atoms with E-state index in [4.69, 9.17) is 10.2 Å². The molecule has 8 heteroatoms. The summed E-state index contributed by atoms with van der Waals surface area (Å²) in [6.45, 7) is 4.04. The molecule has 0 radical (unpaired) electrons. The zero-order valence-corrected chi connectivity index (χ0v) is 21.5. The fourth-order valence-corrected chi connectivity index (χ4v) is 4.25.